The molecular formula is C22H18Cl2N4O2S. The summed E-state index contributed by atoms with van der Waals surface area (Å²) < 4.78 is 3.68. The summed E-state index contributed by atoms with van der Waals surface area (Å²) in [4.78, 5) is 12.3. The van der Waals surface area contributed by atoms with Crippen molar-refractivity contribution in [3.05, 3.63) is 76.0 Å². The van der Waals surface area contributed by atoms with Crippen LogP contribution in [0.3, 0.4) is 0 Å². The van der Waals surface area contributed by atoms with Crippen LogP contribution in [-0.4, -0.2) is 32.4 Å². The molecule has 31 heavy (non-hydrogen) atoms. The largest absolute Gasteiger partial charge is 0.480 e. The van der Waals surface area contributed by atoms with E-state index in [-0.39, 0.29) is 6.54 Å². The molecule has 6 nitrogen and oxygen atoms in total. The van der Waals surface area contributed by atoms with Gasteiger partial charge < -0.3 is 9.41 Å². The third-order valence-corrected chi connectivity index (χ3v) is 6.08. The van der Waals surface area contributed by atoms with Crippen LogP contribution in [-0.2, 0) is 4.79 Å². The minimum atomic E-state index is -0.940. The fourth-order valence-electron chi connectivity index (χ4n) is 3.26. The van der Waals surface area contributed by atoms with Gasteiger partial charge in [0.25, 0.3) is 0 Å². The Kier molecular flexibility index (Phi) is 6.09. The van der Waals surface area contributed by atoms with Crippen LogP contribution in [0.5, 0.6) is 0 Å². The fraction of sp³-hybridized carbons (Fsp3) is 0.136. The third kappa shape index (κ3) is 4.79. The number of aryl methyl sites for hydroxylation is 2. The van der Waals surface area contributed by atoms with Gasteiger partial charge in [0, 0.05) is 32.2 Å². The monoisotopic (exact) mass is 472 g/mol. The molecule has 0 saturated heterocycles. The van der Waals surface area contributed by atoms with Crippen molar-refractivity contribution < 1.29 is 9.90 Å². The van der Waals surface area contributed by atoms with E-state index in [4.69, 9.17) is 23.2 Å². The number of aliphatic carboxylic acids is 1. The molecule has 0 aliphatic carbocycles. The Bertz CT molecular complexity index is 1250. The molecule has 0 aliphatic heterocycles. The topological polar surface area (TPSA) is 71.2 Å². The molecule has 0 amide bonds. The summed E-state index contributed by atoms with van der Waals surface area (Å²) in [5.74, 6) is -0.216. The number of hydrogen-bond acceptors (Lipinski definition) is 5. The lowest BCUT2D eigenvalue weighted by atomic mass is 10.2. The normalized spacial score (nSPS) is 11.1. The van der Waals surface area contributed by atoms with Gasteiger partial charge in [0.2, 0.25) is 0 Å². The smallest absolute Gasteiger partial charge is 0.324 e. The predicted octanol–water partition coefficient (Wildman–Crippen LogP) is 5.94. The third-order valence-electron chi connectivity index (χ3n) is 4.64. The van der Waals surface area contributed by atoms with Crippen LogP contribution in [0.2, 0.25) is 10.0 Å². The van der Waals surface area contributed by atoms with Gasteiger partial charge in [-0.25, -0.2) is 0 Å². The SMILES string of the molecule is Cc1ccc(-n2cc(C)c3cc(N(CC(=O)O)Sc4cc(Cl)cc(Cl)c4)ccc32)nn1. The Labute approximate surface area is 193 Å². The summed E-state index contributed by atoms with van der Waals surface area (Å²) in [5.41, 5.74) is 3.62. The first kappa shape index (κ1) is 21.5. The molecule has 4 rings (SSSR count). The standard InChI is InChI=1S/C22H18Cl2N4O2S/c1-13-11-27(21-6-3-14(2)25-26-21)20-5-4-17(10-19(13)20)28(12-22(29)30)31-18-8-15(23)7-16(24)9-18/h3-11H,12H2,1-2H3,(H,29,30). The van der Waals surface area contributed by atoms with Gasteiger partial charge in [-0.3, -0.25) is 9.36 Å². The van der Waals surface area contributed by atoms with Crippen LogP contribution in [0.1, 0.15) is 11.3 Å². The van der Waals surface area contributed by atoms with Crippen molar-refractivity contribution in [1.82, 2.24) is 14.8 Å². The molecule has 4 aromatic rings. The highest BCUT2D eigenvalue weighted by molar-refractivity contribution is 8.00. The molecule has 0 radical (unpaired) electrons. The lowest BCUT2D eigenvalue weighted by Crippen LogP contribution is -2.22. The minimum Gasteiger partial charge on any atom is -0.480 e. The molecule has 158 valence electrons. The van der Waals surface area contributed by atoms with Crippen molar-refractivity contribution in [2.24, 2.45) is 0 Å². The fourth-order valence-corrected chi connectivity index (χ4v) is 4.92. The van der Waals surface area contributed by atoms with E-state index in [0.29, 0.717) is 10.0 Å². The van der Waals surface area contributed by atoms with Gasteiger partial charge in [-0.1, -0.05) is 23.2 Å². The van der Waals surface area contributed by atoms with Crippen LogP contribution in [0.15, 0.2) is 59.6 Å². The summed E-state index contributed by atoms with van der Waals surface area (Å²) in [6.45, 7) is 3.71. The lowest BCUT2D eigenvalue weighted by Gasteiger charge is -2.22. The van der Waals surface area contributed by atoms with Gasteiger partial charge in [0.1, 0.15) is 6.54 Å². The lowest BCUT2D eigenvalue weighted by molar-refractivity contribution is -0.135. The molecule has 0 saturated carbocycles. The molecule has 0 aliphatic rings. The number of fused-ring (bicyclic) bond motifs is 1. The summed E-state index contributed by atoms with van der Waals surface area (Å²) in [6, 6.07) is 14.8. The summed E-state index contributed by atoms with van der Waals surface area (Å²) in [5, 5.41) is 19.9. The second-order valence-electron chi connectivity index (χ2n) is 7.04. The van der Waals surface area contributed by atoms with E-state index < -0.39 is 5.97 Å². The Morgan fingerprint density at radius 2 is 1.81 bits per heavy atom. The zero-order chi connectivity index (χ0) is 22.1. The molecule has 2 heterocycles. The zero-order valence-electron chi connectivity index (χ0n) is 16.7. The van der Waals surface area contributed by atoms with E-state index >= 15 is 0 Å². The van der Waals surface area contributed by atoms with Crippen molar-refractivity contribution in [1.29, 1.82) is 0 Å². The molecule has 2 aromatic carbocycles. The van der Waals surface area contributed by atoms with Crippen LogP contribution in [0.4, 0.5) is 5.69 Å². The highest BCUT2D eigenvalue weighted by Gasteiger charge is 2.16. The molecule has 9 heteroatoms. The van der Waals surface area contributed by atoms with Crippen molar-refractivity contribution in [3.8, 4) is 5.82 Å². The van der Waals surface area contributed by atoms with Gasteiger partial charge in [-0.05, 0) is 79.9 Å². The average molecular weight is 473 g/mol. The number of carboxylic acids is 1. The highest BCUT2D eigenvalue weighted by Crippen LogP contribution is 2.35. The van der Waals surface area contributed by atoms with E-state index in [2.05, 4.69) is 10.2 Å². The molecule has 0 unspecified atom stereocenters. The quantitative estimate of drug-likeness (QED) is 0.350. The molecule has 2 aromatic heterocycles. The minimum absolute atomic E-state index is 0.191. The van der Waals surface area contributed by atoms with Gasteiger partial charge in [0.05, 0.1) is 11.2 Å². The van der Waals surface area contributed by atoms with Crippen LogP contribution >= 0.6 is 35.1 Å². The van der Waals surface area contributed by atoms with Crippen molar-refractivity contribution in [2.75, 3.05) is 10.8 Å². The molecule has 0 atom stereocenters. The number of carboxylic acid groups (broad SMARTS) is 1. The van der Waals surface area contributed by atoms with Crippen LogP contribution in [0.25, 0.3) is 16.7 Å². The van der Waals surface area contributed by atoms with Crippen LogP contribution < -0.4 is 4.31 Å². The number of anilines is 1. The highest BCUT2D eigenvalue weighted by atomic mass is 35.5. The van der Waals surface area contributed by atoms with E-state index in [0.717, 1.165) is 38.6 Å². The first-order chi connectivity index (χ1) is 14.8. The number of carbonyl (C=O) groups is 1. The Hall–Kier alpha value is -2.74. The van der Waals surface area contributed by atoms with E-state index in [1.54, 1.807) is 22.5 Å². The van der Waals surface area contributed by atoms with E-state index in [9.17, 15) is 9.90 Å². The van der Waals surface area contributed by atoms with Gasteiger partial charge in [0.15, 0.2) is 5.82 Å². The number of hydrogen-bond donors (Lipinski definition) is 1. The average Bonchev–Trinajstić information content (AvgIpc) is 3.03. The van der Waals surface area contributed by atoms with Crippen molar-refractivity contribution in [2.45, 2.75) is 18.7 Å². The number of benzene rings is 2. The maximum absolute atomic E-state index is 11.5. The predicted molar refractivity (Wildman–Crippen MR) is 126 cm³/mol. The number of halogens is 2. The first-order valence-electron chi connectivity index (χ1n) is 9.36. The molecular weight excluding hydrogens is 455 g/mol. The zero-order valence-corrected chi connectivity index (χ0v) is 19.0. The molecule has 0 bridgehead atoms. The summed E-state index contributed by atoms with van der Waals surface area (Å²) in [6.07, 6.45) is 2.00. The van der Waals surface area contributed by atoms with Gasteiger partial charge in [-0.15, -0.1) is 5.10 Å². The number of nitrogens with zero attached hydrogens (tertiary/aromatic N) is 4. The Morgan fingerprint density at radius 1 is 1.06 bits per heavy atom. The number of rotatable bonds is 6. The first-order valence-corrected chi connectivity index (χ1v) is 10.9. The van der Waals surface area contributed by atoms with Gasteiger partial charge >= 0.3 is 5.97 Å². The summed E-state index contributed by atoms with van der Waals surface area (Å²) in [7, 11) is 0. The van der Waals surface area contributed by atoms with Crippen molar-refractivity contribution >= 4 is 57.7 Å². The second-order valence-corrected chi connectivity index (χ2v) is 9.01. The van der Waals surface area contributed by atoms with Crippen LogP contribution in [0, 0.1) is 13.8 Å². The van der Waals surface area contributed by atoms with E-state index in [1.807, 2.05) is 54.9 Å². The summed E-state index contributed by atoms with van der Waals surface area (Å²) >= 11 is 13.5. The maximum atomic E-state index is 11.5. The van der Waals surface area contributed by atoms with Gasteiger partial charge in [-0.2, -0.15) is 5.10 Å². The second kappa shape index (κ2) is 8.78. The maximum Gasteiger partial charge on any atom is 0.324 e. The van der Waals surface area contributed by atoms with Crippen molar-refractivity contribution in [3.63, 3.8) is 0 Å². The molecule has 1 N–H and O–H groups in total. The molecule has 0 fully saturated rings. The molecule has 0 spiro atoms. The van der Waals surface area contributed by atoms with E-state index in [1.165, 1.54) is 11.9 Å². The number of aromatic nitrogens is 3. The Morgan fingerprint density at radius 3 is 2.45 bits per heavy atom. The Balaban J connectivity index is 1.74.